The number of unbranched alkanes of at least 4 members (excludes halogenated alkanes) is 3. The summed E-state index contributed by atoms with van der Waals surface area (Å²) in [7, 11) is 0. The van der Waals surface area contributed by atoms with Crippen LogP contribution in [0.1, 0.15) is 106 Å². The van der Waals surface area contributed by atoms with Crippen LogP contribution in [0.25, 0.3) is 32.3 Å². The number of nitrogens with zero attached hydrogens (tertiary/aromatic N) is 2. The lowest BCUT2D eigenvalue weighted by molar-refractivity contribution is -0.124. The van der Waals surface area contributed by atoms with Gasteiger partial charge in [-0.15, -0.1) is 22.7 Å². The van der Waals surface area contributed by atoms with Gasteiger partial charge in [0.15, 0.2) is 0 Å². The summed E-state index contributed by atoms with van der Waals surface area (Å²) in [5.74, 6) is 0.613. The van der Waals surface area contributed by atoms with Crippen molar-refractivity contribution in [2.24, 2.45) is 23.3 Å². The minimum atomic E-state index is -0.0423. The zero-order chi connectivity index (χ0) is 37.5. The summed E-state index contributed by atoms with van der Waals surface area (Å²) in [6.45, 7) is 11.1. The van der Waals surface area contributed by atoms with Crippen LogP contribution in [0.4, 0.5) is 0 Å². The monoisotopic (exact) mass is 748 g/mol. The van der Waals surface area contributed by atoms with E-state index in [1.54, 1.807) is 22.7 Å². The normalized spacial score (nSPS) is 15.7. The maximum Gasteiger partial charge on any atom is 0.261 e. The summed E-state index contributed by atoms with van der Waals surface area (Å²) in [5, 5.41) is 0. The van der Waals surface area contributed by atoms with E-state index in [1.165, 1.54) is 6.42 Å². The van der Waals surface area contributed by atoms with Crippen molar-refractivity contribution >= 4 is 45.9 Å². The Hall–Kier alpha value is -3.82. The predicted molar refractivity (Wildman–Crippen MR) is 224 cm³/mol. The highest BCUT2D eigenvalue weighted by atomic mass is 32.1. The highest BCUT2D eigenvalue weighted by Crippen LogP contribution is 2.50. The van der Waals surface area contributed by atoms with Crippen molar-refractivity contribution in [1.29, 1.82) is 0 Å². The molecule has 0 fully saturated rings. The molecule has 2 amide bonds. The van der Waals surface area contributed by atoms with E-state index in [0.717, 1.165) is 105 Å². The molecule has 0 spiro atoms. The highest BCUT2D eigenvalue weighted by Gasteiger charge is 2.50. The Morgan fingerprint density at radius 2 is 0.925 bits per heavy atom. The molecule has 2 aromatic carbocycles. The second-order valence-corrected chi connectivity index (χ2v) is 16.8. The minimum Gasteiger partial charge on any atom is -0.326 e. The lowest BCUT2D eigenvalue weighted by atomic mass is 9.97. The third-order valence-electron chi connectivity index (χ3n) is 11.0. The molecule has 4 N–H and O–H groups in total. The molecule has 6 rings (SSSR count). The first-order chi connectivity index (χ1) is 25.8. The number of fused-ring (bicyclic) bond motifs is 1. The molecule has 0 bridgehead atoms. The fourth-order valence-corrected chi connectivity index (χ4v) is 9.79. The van der Waals surface area contributed by atoms with Crippen molar-refractivity contribution in [3.8, 4) is 20.9 Å². The second-order valence-electron chi connectivity index (χ2n) is 14.6. The SMILES string of the molecule is CCCCCC(CC)CN1C(=O)C2=C(c3ccc(-c4ccc(CN)cc4)s3)N(CC(CC)CCCC)C(=O)C2=C1c1ccc(-c2ccc(CN)cc2)s1. The van der Waals surface area contributed by atoms with E-state index in [9.17, 15) is 0 Å². The molecule has 2 aliphatic rings. The quantitative estimate of drug-likeness (QED) is 0.0934. The summed E-state index contributed by atoms with van der Waals surface area (Å²) < 4.78 is 0. The average molecular weight is 749 g/mol. The third kappa shape index (κ3) is 8.31. The van der Waals surface area contributed by atoms with Crippen LogP contribution in [0.3, 0.4) is 0 Å². The van der Waals surface area contributed by atoms with Gasteiger partial charge in [-0.05, 0) is 71.2 Å². The Morgan fingerprint density at radius 1 is 0.528 bits per heavy atom. The van der Waals surface area contributed by atoms with Crippen LogP contribution >= 0.6 is 22.7 Å². The maximum absolute atomic E-state index is 15.1. The molecule has 2 aromatic heterocycles. The van der Waals surface area contributed by atoms with Gasteiger partial charge in [-0.2, -0.15) is 0 Å². The van der Waals surface area contributed by atoms with Gasteiger partial charge in [0.1, 0.15) is 0 Å². The van der Waals surface area contributed by atoms with Crippen molar-refractivity contribution in [1.82, 2.24) is 9.80 Å². The second kappa shape index (κ2) is 18.0. The van der Waals surface area contributed by atoms with E-state index in [-0.39, 0.29) is 11.8 Å². The number of nitrogens with two attached hydrogens (primary N) is 2. The molecule has 0 saturated carbocycles. The first-order valence-corrected chi connectivity index (χ1v) is 21.4. The van der Waals surface area contributed by atoms with Crippen LogP contribution in [0.2, 0.25) is 0 Å². The molecule has 0 radical (unpaired) electrons. The van der Waals surface area contributed by atoms with Crippen LogP contribution < -0.4 is 11.5 Å². The van der Waals surface area contributed by atoms with Gasteiger partial charge >= 0.3 is 0 Å². The molecule has 0 saturated heterocycles. The number of amides is 2. The van der Waals surface area contributed by atoms with Gasteiger partial charge < -0.3 is 21.3 Å². The number of carbonyl (C=O) groups is 2. The molecular weight excluding hydrogens is 693 g/mol. The van der Waals surface area contributed by atoms with Crippen molar-refractivity contribution in [2.75, 3.05) is 13.1 Å². The summed E-state index contributed by atoms with van der Waals surface area (Å²) in [5.41, 5.74) is 18.9. The van der Waals surface area contributed by atoms with E-state index >= 15 is 9.59 Å². The van der Waals surface area contributed by atoms with Crippen molar-refractivity contribution in [3.63, 3.8) is 0 Å². The summed E-state index contributed by atoms with van der Waals surface area (Å²) in [6.07, 6.45) is 9.82. The Labute approximate surface area is 324 Å². The highest BCUT2D eigenvalue weighted by molar-refractivity contribution is 7.17. The molecule has 2 atom stereocenters. The topological polar surface area (TPSA) is 92.7 Å². The van der Waals surface area contributed by atoms with Crippen LogP contribution in [-0.2, 0) is 22.7 Å². The fraction of sp³-hybridized carbons (Fsp3) is 0.422. The van der Waals surface area contributed by atoms with Gasteiger partial charge in [0, 0.05) is 35.9 Å². The van der Waals surface area contributed by atoms with E-state index in [4.69, 9.17) is 11.5 Å². The third-order valence-corrected chi connectivity index (χ3v) is 13.3. The van der Waals surface area contributed by atoms with Crippen LogP contribution in [0, 0.1) is 11.8 Å². The number of thiophene rings is 2. The number of benzene rings is 2. The van der Waals surface area contributed by atoms with Crippen LogP contribution in [0.15, 0.2) is 83.9 Å². The van der Waals surface area contributed by atoms with Crippen LogP contribution in [-0.4, -0.2) is 34.7 Å². The predicted octanol–water partition coefficient (Wildman–Crippen LogP) is 10.7. The van der Waals surface area contributed by atoms with Gasteiger partial charge in [0.2, 0.25) is 0 Å². The standard InChI is InChI=1S/C45H56N4O2S2/c1-5-9-11-13-31(8-4)29-49-43(39-25-23-37(53-39)35-20-16-33(27-47)17-21-35)41-40(45(49)51)42(48(44(41)50)28-30(7-3)12-10-6-2)38-24-22-36(52-38)34-18-14-32(26-46)15-19-34/h14-25,30-31H,5-13,26-29,46-47H2,1-4H3. The molecule has 2 aliphatic heterocycles. The molecule has 53 heavy (non-hydrogen) atoms. The zero-order valence-corrected chi connectivity index (χ0v) is 33.6. The molecule has 6 nitrogen and oxygen atoms in total. The molecular formula is C45H56N4O2S2. The van der Waals surface area contributed by atoms with Gasteiger partial charge in [0.25, 0.3) is 11.8 Å². The van der Waals surface area contributed by atoms with Gasteiger partial charge in [0.05, 0.1) is 32.3 Å². The zero-order valence-electron chi connectivity index (χ0n) is 32.0. The van der Waals surface area contributed by atoms with Crippen LogP contribution in [0.5, 0.6) is 0 Å². The van der Waals surface area contributed by atoms with Gasteiger partial charge in [-0.3, -0.25) is 9.59 Å². The Balaban J connectivity index is 1.49. The van der Waals surface area contributed by atoms with Crippen molar-refractivity contribution < 1.29 is 9.59 Å². The van der Waals surface area contributed by atoms with Crippen molar-refractivity contribution in [3.05, 3.63) is 105 Å². The molecule has 4 heterocycles. The molecule has 4 aromatic rings. The molecule has 280 valence electrons. The lowest BCUT2D eigenvalue weighted by Crippen LogP contribution is -2.34. The first kappa shape index (κ1) is 38.9. The average Bonchev–Trinajstić information content (AvgIpc) is 3.99. The number of hydrogen-bond donors (Lipinski definition) is 2. The first-order valence-electron chi connectivity index (χ1n) is 19.8. The largest absolute Gasteiger partial charge is 0.326 e. The van der Waals surface area contributed by atoms with E-state index in [2.05, 4.69) is 100 Å². The maximum atomic E-state index is 15.1. The number of carbonyl (C=O) groups excluding carboxylic acids is 2. The summed E-state index contributed by atoms with van der Waals surface area (Å²) >= 11 is 3.32. The number of hydrogen-bond acceptors (Lipinski definition) is 6. The molecule has 0 aliphatic carbocycles. The van der Waals surface area contributed by atoms with E-state index < -0.39 is 0 Å². The minimum absolute atomic E-state index is 0.0408. The Morgan fingerprint density at radius 3 is 1.30 bits per heavy atom. The smallest absolute Gasteiger partial charge is 0.261 e. The Kier molecular flexibility index (Phi) is 13.2. The summed E-state index contributed by atoms with van der Waals surface area (Å²) in [6, 6.07) is 25.2. The van der Waals surface area contributed by atoms with Gasteiger partial charge in [-0.1, -0.05) is 121 Å². The summed E-state index contributed by atoms with van der Waals surface area (Å²) in [4.78, 5) is 38.2. The number of rotatable bonds is 19. The molecule has 8 heteroatoms. The Bertz CT molecular complexity index is 1930. The van der Waals surface area contributed by atoms with Gasteiger partial charge in [-0.25, -0.2) is 0 Å². The molecule has 2 unspecified atom stereocenters. The lowest BCUT2D eigenvalue weighted by Gasteiger charge is -2.29. The van der Waals surface area contributed by atoms with E-state index in [1.807, 2.05) is 9.80 Å². The van der Waals surface area contributed by atoms with Crippen molar-refractivity contribution in [2.45, 2.75) is 98.6 Å². The fourth-order valence-electron chi connectivity index (χ4n) is 7.65. The van der Waals surface area contributed by atoms with E-state index in [0.29, 0.717) is 49.2 Å².